The average Bonchev–Trinajstić information content (AvgIpc) is 2.82. The summed E-state index contributed by atoms with van der Waals surface area (Å²) in [7, 11) is 1.96. The lowest BCUT2D eigenvalue weighted by Gasteiger charge is -2.05. The van der Waals surface area contributed by atoms with Gasteiger partial charge in [0.15, 0.2) is 0 Å². The summed E-state index contributed by atoms with van der Waals surface area (Å²) in [5, 5.41) is 12.2. The number of aryl methyl sites for hydroxylation is 2. The Hall–Kier alpha value is -1.49. The van der Waals surface area contributed by atoms with Crippen molar-refractivity contribution in [3.63, 3.8) is 0 Å². The molecule has 0 fully saturated rings. The number of nitrogens with zero attached hydrogens (tertiary/aromatic N) is 4. The molecule has 2 aromatic heterocycles. The number of anilines is 1. The van der Waals surface area contributed by atoms with Crippen LogP contribution in [0.5, 0.6) is 0 Å². The van der Waals surface area contributed by atoms with Crippen molar-refractivity contribution in [2.24, 2.45) is 13.0 Å². The van der Waals surface area contributed by atoms with E-state index in [0.29, 0.717) is 5.92 Å². The van der Waals surface area contributed by atoms with Crippen molar-refractivity contribution in [1.29, 1.82) is 0 Å². The van der Waals surface area contributed by atoms with Crippen molar-refractivity contribution in [1.82, 2.24) is 19.6 Å². The maximum atomic E-state index is 4.52. The fraction of sp³-hybridized carbons (Fsp3) is 0.571. The SMILES string of the molecule is Cc1nn(CC(C)C)cc1NCc1cnn(C)c1C.Cl. The van der Waals surface area contributed by atoms with E-state index in [2.05, 4.69) is 42.5 Å². The van der Waals surface area contributed by atoms with Gasteiger partial charge < -0.3 is 5.32 Å². The summed E-state index contributed by atoms with van der Waals surface area (Å²) in [4.78, 5) is 0. The maximum absolute atomic E-state index is 4.52. The Morgan fingerprint density at radius 3 is 2.55 bits per heavy atom. The number of rotatable bonds is 5. The van der Waals surface area contributed by atoms with Crippen molar-refractivity contribution < 1.29 is 0 Å². The van der Waals surface area contributed by atoms with Crippen LogP contribution in [0.4, 0.5) is 5.69 Å². The first-order valence-corrected chi connectivity index (χ1v) is 6.72. The molecule has 2 rings (SSSR count). The molecule has 0 aliphatic carbocycles. The van der Waals surface area contributed by atoms with E-state index in [9.17, 15) is 0 Å². The second-order valence-corrected chi connectivity index (χ2v) is 5.48. The Morgan fingerprint density at radius 2 is 2.00 bits per heavy atom. The molecule has 0 saturated carbocycles. The maximum Gasteiger partial charge on any atom is 0.0825 e. The second kappa shape index (κ2) is 6.79. The zero-order valence-corrected chi connectivity index (χ0v) is 13.7. The number of halogens is 1. The summed E-state index contributed by atoms with van der Waals surface area (Å²) in [6.45, 7) is 10.3. The molecule has 0 aliphatic heterocycles. The van der Waals surface area contributed by atoms with Crippen LogP contribution in [-0.2, 0) is 20.1 Å². The standard InChI is InChI=1S/C14H23N5.ClH/c1-10(2)8-19-9-14(11(3)17-19)15-6-13-7-16-18(5)12(13)4;/h7,9-10,15H,6,8H2,1-5H3;1H. The van der Waals surface area contributed by atoms with E-state index in [1.54, 1.807) is 0 Å². The number of hydrogen-bond donors (Lipinski definition) is 1. The fourth-order valence-corrected chi connectivity index (χ4v) is 2.07. The Kier molecular flexibility index (Phi) is 5.62. The lowest BCUT2D eigenvalue weighted by Crippen LogP contribution is -2.04. The zero-order valence-electron chi connectivity index (χ0n) is 12.8. The Balaban J connectivity index is 0.00000200. The molecule has 0 atom stereocenters. The van der Waals surface area contributed by atoms with Crippen molar-refractivity contribution in [2.45, 2.75) is 40.8 Å². The molecule has 0 radical (unpaired) electrons. The highest BCUT2D eigenvalue weighted by Gasteiger charge is 2.08. The molecule has 5 nitrogen and oxygen atoms in total. The van der Waals surface area contributed by atoms with Gasteiger partial charge in [-0.3, -0.25) is 9.36 Å². The third-order valence-corrected chi connectivity index (χ3v) is 3.30. The van der Waals surface area contributed by atoms with Gasteiger partial charge in [0, 0.05) is 37.6 Å². The minimum Gasteiger partial charge on any atom is -0.378 e. The van der Waals surface area contributed by atoms with Gasteiger partial charge in [-0.1, -0.05) is 13.8 Å². The lowest BCUT2D eigenvalue weighted by atomic mass is 10.2. The summed E-state index contributed by atoms with van der Waals surface area (Å²) in [6.07, 6.45) is 4.00. The minimum atomic E-state index is 0. The molecule has 0 unspecified atom stereocenters. The smallest absolute Gasteiger partial charge is 0.0825 e. The van der Waals surface area contributed by atoms with Crippen LogP contribution in [0.3, 0.4) is 0 Å². The minimum absolute atomic E-state index is 0. The highest BCUT2D eigenvalue weighted by Crippen LogP contribution is 2.16. The van der Waals surface area contributed by atoms with Crippen LogP contribution in [0.15, 0.2) is 12.4 Å². The van der Waals surface area contributed by atoms with E-state index in [4.69, 9.17) is 0 Å². The molecule has 0 aliphatic rings. The average molecular weight is 298 g/mol. The Bertz CT molecular complexity index is 556. The second-order valence-electron chi connectivity index (χ2n) is 5.48. The van der Waals surface area contributed by atoms with Gasteiger partial charge in [-0.25, -0.2) is 0 Å². The van der Waals surface area contributed by atoms with E-state index in [1.807, 2.05) is 29.5 Å². The molecular weight excluding hydrogens is 274 g/mol. The molecular formula is C14H24ClN5. The van der Waals surface area contributed by atoms with E-state index >= 15 is 0 Å². The molecule has 112 valence electrons. The van der Waals surface area contributed by atoms with Crippen LogP contribution in [-0.4, -0.2) is 19.6 Å². The van der Waals surface area contributed by atoms with Crippen LogP contribution >= 0.6 is 12.4 Å². The van der Waals surface area contributed by atoms with Crippen LogP contribution in [0.1, 0.15) is 30.8 Å². The first-order chi connectivity index (χ1) is 8.97. The molecule has 0 saturated heterocycles. The molecule has 0 aromatic carbocycles. The molecule has 20 heavy (non-hydrogen) atoms. The Morgan fingerprint density at radius 1 is 1.30 bits per heavy atom. The van der Waals surface area contributed by atoms with Crippen LogP contribution in [0, 0.1) is 19.8 Å². The highest BCUT2D eigenvalue weighted by molar-refractivity contribution is 5.85. The van der Waals surface area contributed by atoms with Gasteiger partial charge in [-0.2, -0.15) is 10.2 Å². The first kappa shape index (κ1) is 16.6. The Labute approximate surface area is 126 Å². The van der Waals surface area contributed by atoms with Crippen molar-refractivity contribution in [3.05, 3.63) is 29.3 Å². The third kappa shape index (κ3) is 3.76. The van der Waals surface area contributed by atoms with E-state index < -0.39 is 0 Å². The molecule has 2 aromatic rings. The zero-order chi connectivity index (χ0) is 14.0. The fourth-order valence-electron chi connectivity index (χ4n) is 2.07. The van der Waals surface area contributed by atoms with E-state index in [1.165, 1.54) is 11.3 Å². The first-order valence-electron chi connectivity index (χ1n) is 6.72. The molecule has 2 heterocycles. The highest BCUT2D eigenvalue weighted by atomic mass is 35.5. The van der Waals surface area contributed by atoms with Gasteiger partial charge >= 0.3 is 0 Å². The number of nitrogens with one attached hydrogen (secondary N) is 1. The predicted molar refractivity (Wildman–Crippen MR) is 84.3 cm³/mol. The summed E-state index contributed by atoms with van der Waals surface area (Å²) in [5.41, 5.74) is 4.56. The van der Waals surface area contributed by atoms with Crippen molar-refractivity contribution in [2.75, 3.05) is 5.32 Å². The number of hydrogen-bond acceptors (Lipinski definition) is 3. The summed E-state index contributed by atoms with van der Waals surface area (Å²) >= 11 is 0. The lowest BCUT2D eigenvalue weighted by molar-refractivity contribution is 0.481. The van der Waals surface area contributed by atoms with E-state index in [-0.39, 0.29) is 12.4 Å². The predicted octanol–water partition coefficient (Wildman–Crippen LogP) is 2.92. The molecule has 0 amide bonds. The third-order valence-electron chi connectivity index (χ3n) is 3.30. The number of aromatic nitrogens is 4. The largest absolute Gasteiger partial charge is 0.378 e. The quantitative estimate of drug-likeness (QED) is 0.923. The van der Waals surface area contributed by atoms with Gasteiger partial charge in [0.25, 0.3) is 0 Å². The van der Waals surface area contributed by atoms with Gasteiger partial charge in [0.1, 0.15) is 0 Å². The molecule has 0 bridgehead atoms. The van der Waals surface area contributed by atoms with Crippen LogP contribution < -0.4 is 5.32 Å². The van der Waals surface area contributed by atoms with Gasteiger partial charge in [-0.05, 0) is 19.8 Å². The summed E-state index contributed by atoms with van der Waals surface area (Å²) < 4.78 is 3.91. The summed E-state index contributed by atoms with van der Waals surface area (Å²) in [5.74, 6) is 0.604. The normalized spacial score (nSPS) is 10.7. The van der Waals surface area contributed by atoms with E-state index in [0.717, 1.165) is 24.5 Å². The van der Waals surface area contributed by atoms with Crippen LogP contribution in [0.2, 0.25) is 0 Å². The van der Waals surface area contributed by atoms with Gasteiger partial charge in [0.05, 0.1) is 17.6 Å². The van der Waals surface area contributed by atoms with Gasteiger partial charge in [0.2, 0.25) is 0 Å². The molecule has 6 heteroatoms. The summed E-state index contributed by atoms with van der Waals surface area (Å²) in [6, 6.07) is 0. The van der Waals surface area contributed by atoms with Crippen LogP contribution in [0.25, 0.3) is 0 Å². The monoisotopic (exact) mass is 297 g/mol. The van der Waals surface area contributed by atoms with Crippen molar-refractivity contribution >= 4 is 18.1 Å². The molecule has 1 N–H and O–H groups in total. The topological polar surface area (TPSA) is 47.7 Å². The van der Waals surface area contributed by atoms with Gasteiger partial charge in [-0.15, -0.1) is 12.4 Å². The molecule has 0 spiro atoms. The van der Waals surface area contributed by atoms with Crippen molar-refractivity contribution in [3.8, 4) is 0 Å².